The summed E-state index contributed by atoms with van der Waals surface area (Å²) < 4.78 is 12.9. The van der Waals surface area contributed by atoms with Gasteiger partial charge in [-0.25, -0.2) is 0 Å². The lowest BCUT2D eigenvalue weighted by Gasteiger charge is -2.13. The van der Waals surface area contributed by atoms with E-state index in [1.165, 1.54) is 6.20 Å². The van der Waals surface area contributed by atoms with Crippen molar-refractivity contribution in [2.75, 3.05) is 13.2 Å². The molecule has 0 radical (unpaired) electrons. The van der Waals surface area contributed by atoms with Gasteiger partial charge in [-0.3, -0.25) is 9.59 Å². The van der Waals surface area contributed by atoms with E-state index in [1.807, 2.05) is 19.1 Å². The first-order chi connectivity index (χ1) is 11.1. The third-order valence-corrected chi connectivity index (χ3v) is 3.65. The first kappa shape index (κ1) is 16.9. The number of rotatable bonds is 8. The SMILES string of the molecule is CCOc1ccc(CC(CNC(=O)c2cnsn2)C(=O)O)cc1. The highest BCUT2D eigenvalue weighted by atomic mass is 32.1. The highest BCUT2D eigenvalue weighted by Crippen LogP contribution is 2.15. The monoisotopic (exact) mass is 335 g/mol. The second-order valence-electron chi connectivity index (χ2n) is 4.82. The van der Waals surface area contributed by atoms with Gasteiger partial charge in [0.2, 0.25) is 0 Å². The first-order valence-electron chi connectivity index (χ1n) is 7.10. The van der Waals surface area contributed by atoms with Crippen molar-refractivity contribution in [3.05, 3.63) is 41.7 Å². The summed E-state index contributed by atoms with van der Waals surface area (Å²) in [5.74, 6) is -1.36. The molecule has 0 saturated carbocycles. The van der Waals surface area contributed by atoms with Crippen LogP contribution in [0.3, 0.4) is 0 Å². The fourth-order valence-corrected chi connectivity index (χ4v) is 2.40. The molecule has 1 heterocycles. The van der Waals surface area contributed by atoms with Gasteiger partial charge in [-0.15, -0.1) is 0 Å². The zero-order chi connectivity index (χ0) is 16.7. The molecule has 0 spiro atoms. The standard InChI is InChI=1S/C15H17N3O4S/c1-2-22-12-5-3-10(4-6-12)7-11(15(20)21)8-16-14(19)13-9-17-23-18-13/h3-6,9,11H,2,7-8H2,1H3,(H,16,19)(H,20,21). The van der Waals surface area contributed by atoms with Gasteiger partial charge in [-0.2, -0.15) is 8.75 Å². The van der Waals surface area contributed by atoms with Gasteiger partial charge in [0.1, 0.15) is 5.75 Å². The van der Waals surface area contributed by atoms with Crippen LogP contribution in [0, 0.1) is 5.92 Å². The van der Waals surface area contributed by atoms with E-state index in [0.29, 0.717) is 13.0 Å². The summed E-state index contributed by atoms with van der Waals surface area (Å²) in [5, 5.41) is 11.9. The van der Waals surface area contributed by atoms with Crippen LogP contribution >= 0.6 is 11.7 Å². The van der Waals surface area contributed by atoms with Gasteiger partial charge < -0.3 is 15.2 Å². The Morgan fingerprint density at radius 2 is 2.09 bits per heavy atom. The predicted octanol–water partition coefficient (Wildman–Crippen LogP) is 1.61. The smallest absolute Gasteiger partial charge is 0.308 e. The van der Waals surface area contributed by atoms with Crippen LogP contribution in [0.1, 0.15) is 23.0 Å². The van der Waals surface area contributed by atoms with Gasteiger partial charge in [0.05, 0.1) is 30.4 Å². The van der Waals surface area contributed by atoms with E-state index in [-0.39, 0.29) is 12.2 Å². The number of hydrogen-bond donors (Lipinski definition) is 2. The molecular weight excluding hydrogens is 318 g/mol. The average Bonchev–Trinajstić information content (AvgIpc) is 3.07. The van der Waals surface area contributed by atoms with Crippen molar-refractivity contribution >= 4 is 23.6 Å². The maximum atomic E-state index is 11.8. The Balaban J connectivity index is 1.93. The number of amides is 1. The number of benzene rings is 1. The number of hydrogen-bond acceptors (Lipinski definition) is 6. The van der Waals surface area contributed by atoms with Gasteiger partial charge >= 0.3 is 5.97 Å². The average molecular weight is 335 g/mol. The van der Waals surface area contributed by atoms with Crippen LogP contribution in [0.15, 0.2) is 30.5 Å². The molecule has 1 aromatic carbocycles. The molecular formula is C15H17N3O4S. The molecule has 2 aromatic rings. The van der Waals surface area contributed by atoms with Crippen molar-refractivity contribution in [3.8, 4) is 5.75 Å². The van der Waals surface area contributed by atoms with Crippen molar-refractivity contribution in [2.45, 2.75) is 13.3 Å². The second-order valence-corrected chi connectivity index (χ2v) is 5.38. The van der Waals surface area contributed by atoms with Gasteiger partial charge in [-0.1, -0.05) is 12.1 Å². The number of carbonyl (C=O) groups excluding carboxylic acids is 1. The quantitative estimate of drug-likeness (QED) is 0.760. The van der Waals surface area contributed by atoms with Gasteiger partial charge in [0.15, 0.2) is 5.69 Å². The van der Waals surface area contributed by atoms with E-state index in [9.17, 15) is 14.7 Å². The molecule has 7 nitrogen and oxygen atoms in total. The number of ether oxygens (including phenoxy) is 1. The fourth-order valence-electron chi connectivity index (χ4n) is 1.99. The molecule has 23 heavy (non-hydrogen) atoms. The molecule has 1 atom stereocenters. The minimum absolute atomic E-state index is 0.0267. The summed E-state index contributed by atoms with van der Waals surface area (Å²) in [6.07, 6.45) is 1.67. The van der Waals surface area contributed by atoms with Gasteiger partial charge in [-0.05, 0) is 31.0 Å². The van der Waals surface area contributed by atoms with Crippen LogP contribution in [0.4, 0.5) is 0 Å². The maximum Gasteiger partial charge on any atom is 0.308 e. The summed E-state index contributed by atoms with van der Waals surface area (Å²) in [6.45, 7) is 2.50. The normalized spacial score (nSPS) is 11.7. The number of carboxylic acids is 1. The summed E-state index contributed by atoms with van der Waals surface area (Å²) in [5.41, 5.74) is 1.06. The lowest BCUT2D eigenvalue weighted by atomic mass is 9.99. The number of nitrogens with zero attached hydrogens (tertiary/aromatic N) is 2. The van der Waals surface area contributed by atoms with E-state index < -0.39 is 17.8 Å². The van der Waals surface area contributed by atoms with Crippen molar-refractivity contribution in [1.29, 1.82) is 0 Å². The van der Waals surface area contributed by atoms with Crippen LogP contribution in [0.5, 0.6) is 5.75 Å². The molecule has 2 rings (SSSR count). The Morgan fingerprint density at radius 3 is 2.65 bits per heavy atom. The van der Waals surface area contributed by atoms with Crippen molar-refractivity contribution < 1.29 is 19.4 Å². The van der Waals surface area contributed by atoms with E-state index in [0.717, 1.165) is 23.0 Å². The Bertz CT molecular complexity index is 643. The molecule has 8 heteroatoms. The topological polar surface area (TPSA) is 101 Å². The maximum absolute atomic E-state index is 11.8. The molecule has 1 amide bonds. The zero-order valence-electron chi connectivity index (χ0n) is 12.6. The van der Waals surface area contributed by atoms with Crippen LogP contribution in [0.25, 0.3) is 0 Å². The lowest BCUT2D eigenvalue weighted by Crippen LogP contribution is -2.34. The summed E-state index contributed by atoms with van der Waals surface area (Å²) in [4.78, 5) is 23.2. The molecule has 0 bridgehead atoms. The molecule has 0 fully saturated rings. The summed E-state index contributed by atoms with van der Waals surface area (Å²) in [6, 6.07) is 7.26. The number of aromatic nitrogens is 2. The van der Waals surface area contributed by atoms with E-state index in [1.54, 1.807) is 12.1 Å². The minimum atomic E-state index is -0.962. The van der Waals surface area contributed by atoms with Crippen LogP contribution in [-0.2, 0) is 11.2 Å². The molecule has 0 aliphatic carbocycles. The Morgan fingerprint density at radius 1 is 1.35 bits per heavy atom. The van der Waals surface area contributed by atoms with Crippen molar-refractivity contribution in [2.24, 2.45) is 5.92 Å². The van der Waals surface area contributed by atoms with E-state index in [4.69, 9.17) is 4.74 Å². The minimum Gasteiger partial charge on any atom is -0.494 e. The molecule has 0 aliphatic rings. The Hall–Kier alpha value is -2.48. The molecule has 0 aliphatic heterocycles. The Labute approximate surface area is 137 Å². The highest BCUT2D eigenvalue weighted by molar-refractivity contribution is 6.99. The van der Waals surface area contributed by atoms with E-state index in [2.05, 4.69) is 14.1 Å². The molecule has 0 saturated heterocycles. The zero-order valence-corrected chi connectivity index (χ0v) is 13.4. The largest absolute Gasteiger partial charge is 0.494 e. The second kappa shape index (κ2) is 8.23. The molecule has 2 N–H and O–H groups in total. The number of carboxylic acid groups (broad SMARTS) is 1. The summed E-state index contributed by atoms with van der Waals surface area (Å²) in [7, 11) is 0. The van der Waals surface area contributed by atoms with Crippen LogP contribution < -0.4 is 10.1 Å². The Kier molecular flexibility index (Phi) is 6.04. The van der Waals surface area contributed by atoms with Gasteiger partial charge in [0.25, 0.3) is 5.91 Å². The lowest BCUT2D eigenvalue weighted by molar-refractivity contribution is -0.141. The molecule has 122 valence electrons. The van der Waals surface area contributed by atoms with Gasteiger partial charge in [0, 0.05) is 6.54 Å². The first-order valence-corrected chi connectivity index (χ1v) is 7.83. The van der Waals surface area contributed by atoms with Crippen molar-refractivity contribution in [3.63, 3.8) is 0 Å². The number of aliphatic carboxylic acids is 1. The number of nitrogens with one attached hydrogen (secondary N) is 1. The van der Waals surface area contributed by atoms with Crippen LogP contribution in [-0.4, -0.2) is 38.9 Å². The predicted molar refractivity (Wildman–Crippen MR) is 84.7 cm³/mol. The molecule has 1 unspecified atom stereocenters. The highest BCUT2D eigenvalue weighted by Gasteiger charge is 2.20. The number of carbonyl (C=O) groups is 2. The van der Waals surface area contributed by atoms with E-state index >= 15 is 0 Å². The molecule has 1 aromatic heterocycles. The fraction of sp³-hybridized carbons (Fsp3) is 0.333. The third kappa shape index (κ3) is 5.03. The third-order valence-electron chi connectivity index (χ3n) is 3.17. The summed E-state index contributed by atoms with van der Waals surface area (Å²) >= 11 is 0.927. The van der Waals surface area contributed by atoms with Crippen molar-refractivity contribution in [1.82, 2.24) is 14.1 Å². The van der Waals surface area contributed by atoms with Crippen LogP contribution in [0.2, 0.25) is 0 Å².